The largest absolute Gasteiger partial charge is 0.242 e. The van der Waals surface area contributed by atoms with Gasteiger partial charge >= 0.3 is 0 Å². The molecule has 0 aliphatic carbocycles. The third-order valence-electron chi connectivity index (χ3n) is 2.18. The Morgan fingerprint density at radius 1 is 1.06 bits per heavy atom. The first-order chi connectivity index (χ1) is 8.78. The molecule has 0 spiro atoms. The monoisotopic (exact) mass is 251 g/mol. The van der Waals surface area contributed by atoms with Gasteiger partial charge in [-0.3, -0.25) is 0 Å². The van der Waals surface area contributed by atoms with Crippen LogP contribution in [0.4, 0.5) is 5.82 Å². The minimum atomic E-state index is 0.436. The van der Waals surface area contributed by atoms with Gasteiger partial charge in [0.25, 0.3) is 0 Å². The van der Waals surface area contributed by atoms with Crippen LogP contribution < -0.4 is 0 Å². The van der Waals surface area contributed by atoms with E-state index < -0.39 is 0 Å². The van der Waals surface area contributed by atoms with Crippen molar-refractivity contribution in [2.45, 2.75) is 6.92 Å². The summed E-state index contributed by atoms with van der Waals surface area (Å²) < 4.78 is 0. The number of aliphatic imine (C=N–C) groups is 1. The molecule has 4 heteroatoms. The van der Waals surface area contributed by atoms with Crippen LogP contribution in [0.3, 0.4) is 0 Å². The molecule has 0 radical (unpaired) electrons. The first kappa shape index (κ1) is 12.1. The van der Waals surface area contributed by atoms with E-state index in [4.69, 9.17) is 0 Å². The molecule has 0 aliphatic rings. The van der Waals surface area contributed by atoms with Crippen LogP contribution >= 0.6 is 12.2 Å². The minimum absolute atomic E-state index is 0.436. The molecular formula is C14H9N3S. The van der Waals surface area contributed by atoms with E-state index in [2.05, 4.69) is 44.2 Å². The van der Waals surface area contributed by atoms with Crippen molar-refractivity contribution in [3.05, 3.63) is 53.5 Å². The summed E-state index contributed by atoms with van der Waals surface area (Å²) in [5, 5.41) is 2.24. The molecule has 0 fully saturated rings. The highest BCUT2D eigenvalue weighted by molar-refractivity contribution is 7.78. The number of aryl methyl sites for hydroxylation is 1. The van der Waals surface area contributed by atoms with Gasteiger partial charge in [0.15, 0.2) is 5.82 Å². The van der Waals surface area contributed by atoms with Crippen LogP contribution in [0.5, 0.6) is 0 Å². The first-order valence-electron chi connectivity index (χ1n) is 5.26. The van der Waals surface area contributed by atoms with Crippen LogP contribution in [0.2, 0.25) is 0 Å². The Labute approximate surface area is 111 Å². The molecule has 0 amide bonds. The summed E-state index contributed by atoms with van der Waals surface area (Å²) in [6.07, 6.45) is 3.07. The van der Waals surface area contributed by atoms with E-state index in [0.717, 1.165) is 5.56 Å². The Hall–Kier alpha value is -2.34. The van der Waals surface area contributed by atoms with E-state index in [0.29, 0.717) is 11.5 Å². The van der Waals surface area contributed by atoms with Gasteiger partial charge in [-0.1, -0.05) is 23.6 Å². The van der Waals surface area contributed by atoms with Crippen LogP contribution in [-0.2, 0) is 0 Å². The molecule has 3 nitrogen and oxygen atoms in total. The van der Waals surface area contributed by atoms with Crippen molar-refractivity contribution in [1.29, 1.82) is 0 Å². The molecule has 2 aromatic rings. The van der Waals surface area contributed by atoms with Gasteiger partial charge in [-0.15, -0.1) is 0 Å². The fourth-order valence-corrected chi connectivity index (χ4v) is 1.36. The van der Waals surface area contributed by atoms with Crippen molar-refractivity contribution in [2.75, 3.05) is 0 Å². The smallest absolute Gasteiger partial charge is 0.181 e. The Bertz CT molecular complexity index is 642. The molecule has 1 heterocycles. The Kier molecular flexibility index (Phi) is 3.93. The highest BCUT2D eigenvalue weighted by Crippen LogP contribution is 2.04. The average molecular weight is 251 g/mol. The third kappa shape index (κ3) is 3.33. The molecule has 0 aliphatic heterocycles. The molecule has 0 saturated carbocycles. The summed E-state index contributed by atoms with van der Waals surface area (Å²) >= 11 is 4.48. The average Bonchev–Trinajstić information content (AvgIpc) is 2.40. The number of isothiocyanates is 1. The second-order valence-corrected chi connectivity index (χ2v) is 3.76. The van der Waals surface area contributed by atoms with Gasteiger partial charge in [-0.2, -0.15) is 4.99 Å². The molecule has 86 valence electrons. The second kappa shape index (κ2) is 5.83. The van der Waals surface area contributed by atoms with Crippen LogP contribution in [0.25, 0.3) is 0 Å². The van der Waals surface area contributed by atoms with Gasteiger partial charge in [0.2, 0.25) is 0 Å². The van der Waals surface area contributed by atoms with Crippen LogP contribution in [0.15, 0.2) is 41.7 Å². The molecule has 0 N–H and O–H groups in total. The molecule has 1 aromatic heterocycles. The molecule has 18 heavy (non-hydrogen) atoms. The molecule has 0 atom stereocenters. The topological polar surface area (TPSA) is 38.1 Å². The Morgan fingerprint density at radius 3 is 2.44 bits per heavy atom. The van der Waals surface area contributed by atoms with E-state index in [1.807, 2.05) is 31.2 Å². The zero-order chi connectivity index (χ0) is 12.8. The maximum absolute atomic E-state index is 4.48. The molecule has 0 bridgehead atoms. The van der Waals surface area contributed by atoms with Crippen LogP contribution in [0, 0.1) is 18.8 Å². The number of hydrogen-bond donors (Lipinski definition) is 0. The van der Waals surface area contributed by atoms with E-state index in [1.165, 1.54) is 11.8 Å². The summed E-state index contributed by atoms with van der Waals surface area (Å²) in [4.78, 5) is 11.9. The van der Waals surface area contributed by atoms with Crippen molar-refractivity contribution in [2.24, 2.45) is 4.99 Å². The van der Waals surface area contributed by atoms with Crippen molar-refractivity contribution in [1.82, 2.24) is 9.97 Å². The van der Waals surface area contributed by atoms with Crippen molar-refractivity contribution >= 4 is 23.2 Å². The fourth-order valence-electron chi connectivity index (χ4n) is 1.26. The second-order valence-electron chi connectivity index (χ2n) is 3.58. The first-order valence-corrected chi connectivity index (χ1v) is 5.67. The zero-order valence-electron chi connectivity index (χ0n) is 9.71. The normalized spacial score (nSPS) is 8.94. The van der Waals surface area contributed by atoms with Crippen molar-refractivity contribution in [3.8, 4) is 11.8 Å². The van der Waals surface area contributed by atoms with Gasteiger partial charge in [-0.25, -0.2) is 9.97 Å². The summed E-state index contributed by atoms with van der Waals surface area (Å²) in [6, 6.07) is 7.99. The molecule has 1 aromatic carbocycles. The van der Waals surface area contributed by atoms with E-state index in [1.54, 1.807) is 6.20 Å². The SMILES string of the molecule is Cc1ccc(C#Cc2cnc(N=C=S)cn2)cc1. The summed E-state index contributed by atoms with van der Waals surface area (Å²) in [5.41, 5.74) is 2.75. The van der Waals surface area contributed by atoms with E-state index >= 15 is 0 Å². The number of rotatable bonds is 1. The third-order valence-corrected chi connectivity index (χ3v) is 2.28. The Morgan fingerprint density at radius 2 is 1.83 bits per heavy atom. The molecule has 0 unspecified atom stereocenters. The molecule has 0 saturated heterocycles. The van der Waals surface area contributed by atoms with Crippen molar-refractivity contribution in [3.63, 3.8) is 0 Å². The number of hydrogen-bond acceptors (Lipinski definition) is 4. The maximum Gasteiger partial charge on any atom is 0.181 e. The maximum atomic E-state index is 4.48. The van der Waals surface area contributed by atoms with Gasteiger partial charge < -0.3 is 0 Å². The van der Waals surface area contributed by atoms with Crippen molar-refractivity contribution < 1.29 is 0 Å². The predicted octanol–water partition coefficient (Wildman–Crippen LogP) is 2.92. The zero-order valence-corrected chi connectivity index (χ0v) is 10.5. The number of benzene rings is 1. The number of thiocarbonyl (C=S) groups is 1. The summed E-state index contributed by atoms with van der Waals surface area (Å²) in [5.74, 6) is 6.39. The van der Waals surface area contributed by atoms with Crippen LogP contribution in [0.1, 0.15) is 16.8 Å². The highest BCUT2D eigenvalue weighted by atomic mass is 32.1. The quantitative estimate of drug-likeness (QED) is 0.444. The van der Waals surface area contributed by atoms with Gasteiger partial charge in [0.1, 0.15) is 5.69 Å². The summed E-state index contributed by atoms with van der Waals surface area (Å²) in [7, 11) is 0. The number of aromatic nitrogens is 2. The lowest BCUT2D eigenvalue weighted by Crippen LogP contribution is -1.84. The molecular weight excluding hydrogens is 242 g/mol. The van der Waals surface area contributed by atoms with Gasteiger partial charge in [0.05, 0.1) is 17.6 Å². The standard InChI is InChI=1S/C14H9N3S/c1-11-2-4-12(5-3-11)6-7-13-8-16-14(9-15-13)17-10-18/h2-5,8-9H,1H3. The minimum Gasteiger partial charge on any atom is -0.242 e. The lowest BCUT2D eigenvalue weighted by Gasteiger charge is -1.92. The van der Waals surface area contributed by atoms with Gasteiger partial charge in [0, 0.05) is 5.56 Å². The highest BCUT2D eigenvalue weighted by Gasteiger charge is 1.92. The van der Waals surface area contributed by atoms with E-state index in [9.17, 15) is 0 Å². The lowest BCUT2D eigenvalue weighted by molar-refractivity contribution is 1.16. The summed E-state index contributed by atoms with van der Waals surface area (Å²) in [6.45, 7) is 2.04. The predicted molar refractivity (Wildman–Crippen MR) is 73.9 cm³/mol. The lowest BCUT2D eigenvalue weighted by atomic mass is 10.1. The fraction of sp³-hybridized carbons (Fsp3) is 0.0714. The Balaban J connectivity index is 2.19. The number of nitrogens with zero attached hydrogens (tertiary/aromatic N) is 3. The molecule has 2 rings (SSSR count). The van der Waals surface area contributed by atoms with Gasteiger partial charge in [-0.05, 0) is 37.2 Å². The van der Waals surface area contributed by atoms with Crippen LogP contribution in [-0.4, -0.2) is 15.1 Å². The van der Waals surface area contributed by atoms with E-state index in [-0.39, 0.29) is 0 Å².